The number of hydrogen-bond donors (Lipinski definition) is 2. The van der Waals surface area contributed by atoms with Gasteiger partial charge in [0.25, 0.3) is 11.8 Å². The van der Waals surface area contributed by atoms with Gasteiger partial charge in [-0.15, -0.1) is 12.4 Å². The minimum Gasteiger partial charge on any atom is -0.474 e. The average molecular weight is 366 g/mol. The summed E-state index contributed by atoms with van der Waals surface area (Å²) in [4.78, 5) is 12.1. The number of para-hydroxylation sites is 1. The number of aromatic nitrogens is 1. The summed E-state index contributed by atoms with van der Waals surface area (Å²) in [6.45, 7) is 1.27. The molecule has 1 aliphatic rings. The lowest BCUT2D eigenvalue weighted by molar-refractivity contribution is 0.0987. The van der Waals surface area contributed by atoms with Crippen molar-refractivity contribution in [2.75, 3.05) is 18.5 Å². The predicted molar refractivity (Wildman–Crippen MR) is 98.5 cm³/mol. The molecule has 0 spiro atoms. The van der Waals surface area contributed by atoms with Crippen LogP contribution in [0.15, 0.2) is 40.9 Å². The molecule has 1 aromatic carbocycles. The zero-order chi connectivity index (χ0) is 16.6. The van der Waals surface area contributed by atoms with Crippen molar-refractivity contribution >= 4 is 24.0 Å². The molecule has 1 aliphatic carbocycles. The van der Waals surface area contributed by atoms with Crippen LogP contribution >= 0.6 is 12.4 Å². The third-order valence-electron chi connectivity index (χ3n) is 4.13. The number of rotatable bonds is 7. The molecule has 2 aromatic rings. The number of ether oxygens (including phenoxy) is 1. The van der Waals surface area contributed by atoms with Crippen LogP contribution in [0.5, 0.6) is 5.88 Å². The Balaban J connectivity index is 0.00000225. The molecule has 0 atom stereocenters. The Hall–Kier alpha value is -2.05. The Labute approximate surface area is 153 Å². The zero-order valence-corrected chi connectivity index (χ0v) is 14.9. The molecule has 0 aliphatic heterocycles. The van der Waals surface area contributed by atoms with E-state index in [-0.39, 0.29) is 24.1 Å². The van der Waals surface area contributed by atoms with Gasteiger partial charge in [-0.05, 0) is 30.1 Å². The number of carbonyl (C=O) groups excluding carboxylic acids is 1. The van der Waals surface area contributed by atoms with Crippen molar-refractivity contribution in [3.05, 3.63) is 42.2 Å². The Morgan fingerprint density at radius 2 is 1.96 bits per heavy atom. The van der Waals surface area contributed by atoms with Gasteiger partial charge in [-0.1, -0.05) is 37.5 Å². The molecular formula is C18H24ClN3O3. The first-order valence-corrected chi connectivity index (χ1v) is 8.50. The summed E-state index contributed by atoms with van der Waals surface area (Å²) in [6, 6.07) is 11.3. The van der Waals surface area contributed by atoms with Crippen LogP contribution in [-0.2, 0) is 0 Å². The van der Waals surface area contributed by atoms with Crippen LogP contribution in [-0.4, -0.2) is 30.3 Å². The van der Waals surface area contributed by atoms with E-state index in [1.807, 2.05) is 30.3 Å². The SMILES string of the molecule is Cl.O=C(Nc1ccccc1)c1cc(OCCNC2CCCCC2)no1. The van der Waals surface area contributed by atoms with E-state index >= 15 is 0 Å². The van der Waals surface area contributed by atoms with Crippen molar-refractivity contribution in [3.63, 3.8) is 0 Å². The number of hydrogen-bond acceptors (Lipinski definition) is 5. The first kappa shape index (κ1) is 19.3. The molecule has 3 rings (SSSR count). The highest BCUT2D eigenvalue weighted by Gasteiger charge is 2.15. The van der Waals surface area contributed by atoms with Gasteiger partial charge in [0.05, 0.1) is 6.07 Å². The highest BCUT2D eigenvalue weighted by Crippen LogP contribution is 2.17. The van der Waals surface area contributed by atoms with Gasteiger partial charge in [-0.2, -0.15) is 0 Å². The maximum absolute atomic E-state index is 12.1. The van der Waals surface area contributed by atoms with Gasteiger partial charge in [0.15, 0.2) is 0 Å². The summed E-state index contributed by atoms with van der Waals surface area (Å²) in [6.07, 6.45) is 6.45. The van der Waals surface area contributed by atoms with Crippen molar-refractivity contribution in [2.24, 2.45) is 0 Å². The van der Waals surface area contributed by atoms with Crippen LogP contribution in [0.3, 0.4) is 0 Å². The van der Waals surface area contributed by atoms with Crippen LogP contribution < -0.4 is 15.4 Å². The molecular weight excluding hydrogens is 342 g/mol. The average Bonchev–Trinajstić information content (AvgIpc) is 3.10. The molecule has 1 amide bonds. The first-order valence-electron chi connectivity index (χ1n) is 8.50. The molecule has 0 radical (unpaired) electrons. The molecule has 7 heteroatoms. The van der Waals surface area contributed by atoms with Crippen LogP contribution in [0.25, 0.3) is 0 Å². The van der Waals surface area contributed by atoms with Gasteiger partial charge in [-0.3, -0.25) is 4.79 Å². The summed E-state index contributed by atoms with van der Waals surface area (Å²) < 4.78 is 10.6. The van der Waals surface area contributed by atoms with Crippen molar-refractivity contribution in [2.45, 2.75) is 38.1 Å². The van der Waals surface area contributed by atoms with Gasteiger partial charge in [0.1, 0.15) is 6.61 Å². The van der Waals surface area contributed by atoms with E-state index < -0.39 is 0 Å². The number of nitrogens with one attached hydrogen (secondary N) is 2. The second kappa shape index (κ2) is 10.1. The molecule has 0 bridgehead atoms. The number of anilines is 1. The fraction of sp³-hybridized carbons (Fsp3) is 0.444. The van der Waals surface area contributed by atoms with Gasteiger partial charge in [0.2, 0.25) is 5.76 Å². The summed E-state index contributed by atoms with van der Waals surface area (Å²) >= 11 is 0. The van der Waals surface area contributed by atoms with Crippen molar-refractivity contribution in [1.29, 1.82) is 0 Å². The second-order valence-corrected chi connectivity index (χ2v) is 5.99. The molecule has 6 nitrogen and oxygen atoms in total. The quantitative estimate of drug-likeness (QED) is 0.732. The van der Waals surface area contributed by atoms with E-state index in [1.165, 1.54) is 38.2 Å². The molecule has 0 saturated heterocycles. The summed E-state index contributed by atoms with van der Waals surface area (Å²) in [5.41, 5.74) is 0.707. The third kappa shape index (κ3) is 6.07. The smallest absolute Gasteiger partial charge is 0.294 e. The molecule has 0 unspecified atom stereocenters. The van der Waals surface area contributed by atoms with E-state index in [0.717, 1.165) is 6.54 Å². The lowest BCUT2D eigenvalue weighted by Crippen LogP contribution is -2.34. The summed E-state index contributed by atoms with van der Waals surface area (Å²) in [5.74, 6) is 0.122. The first-order chi connectivity index (χ1) is 11.8. The monoisotopic (exact) mass is 365 g/mol. The zero-order valence-electron chi connectivity index (χ0n) is 14.1. The minimum absolute atomic E-state index is 0. The van der Waals surface area contributed by atoms with E-state index in [2.05, 4.69) is 15.8 Å². The van der Waals surface area contributed by atoms with Crippen LogP contribution in [0, 0.1) is 0 Å². The van der Waals surface area contributed by atoms with Crippen molar-refractivity contribution in [3.8, 4) is 5.88 Å². The maximum Gasteiger partial charge on any atom is 0.294 e. The summed E-state index contributed by atoms with van der Waals surface area (Å²) in [7, 11) is 0. The van der Waals surface area contributed by atoms with Gasteiger partial charge >= 0.3 is 0 Å². The minimum atomic E-state index is -0.344. The number of halogens is 1. The predicted octanol–water partition coefficient (Wildman–Crippen LogP) is 3.65. The molecule has 136 valence electrons. The van der Waals surface area contributed by atoms with Gasteiger partial charge in [0, 0.05) is 18.3 Å². The highest BCUT2D eigenvalue weighted by atomic mass is 35.5. The fourth-order valence-electron chi connectivity index (χ4n) is 2.87. The van der Waals surface area contributed by atoms with Crippen molar-refractivity contribution in [1.82, 2.24) is 10.5 Å². The molecule has 1 aromatic heterocycles. The number of nitrogens with zero attached hydrogens (tertiary/aromatic N) is 1. The topological polar surface area (TPSA) is 76.4 Å². The largest absolute Gasteiger partial charge is 0.474 e. The van der Waals surface area contributed by atoms with E-state index in [1.54, 1.807) is 0 Å². The van der Waals surface area contributed by atoms with Crippen LogP contribution in [0.2, 0.25) is 0 Å². The maximum atomic E-state index is 12.1. The lowest BCUT2D eigenvalue weighted by atomic mass is 9.96. The second-order valence-electron chi connectivity index (χ2n) is 5.99. The molecule has 25 heavy (non-hydrogen) atoms. The Morgan fingerprint density at radius 3 is 2.72 bits per heavy atom. The van der Waals surface area contributed by atoms with E-state index in [4.69, 9.17) is 9.26 Å². The van der Waals surface area contributed by atoms with E-state index in [0.29, 0.717) is 24.2 Å². The Kier molecular flexibility index (Phi) is 7.76. The molecule has 1 heterocycles. The molecule has 1 saturated carbocycles. The standard InChI is InChI=1S/C18H23N3O3.ClH/c22-18(20-15-9-5-2-6-10-15)16-13-17(21-24-16)23-12-11-19-14-7-3-1-4-8-14;/h2,5-6,9-10,13-14,19H,1,3-4,7-8,11-12H2,(H,20,22);1H. The summed E-state index contributed by atoms with van der Waals surface area (Å²) in [5, 5.41) is 10.0. The van der Waals surface area contributed by atoms with Crippen molar-refractivity contribution < 1.29 is 14.1 Å². The fourth-order valence-corrected chi connectivity index (χ4v) is 2.87. The highest BCUT2D eigenvalue weighted by molar-refractivity contribution is 6.02. The van der Waals surface area contributed by atoms with Crippen LogP contribution in [0.4, 0.5) is 5.69 Å². The normalized spacial score (nSPS) is 14.6. The number of benzene rings is 1. The van der Waals surface area contributed by atoms with E-state index in [9.17, 15) is 4.79 Å². The van der Waals surface area contributed by atoms with Gasteiger partial charge in [-0.25, -0.2) is 0 Å². The lowest BCUT2D eigenvalue weighted by Gasteiger charge is -2.22. The van der Waals surface area contributed by atoms with Crippen LogP contribution in [0.1, 0.15) is 42.7 Å². The number of carbonyl (C=O) groups is 1. The number of amides is 1. The Bertz CT molecular complexity index is 642. The molecule has 1 fully saturated rings. The third-order valence-corrected chi connectivity index (χ3v) is 4.13. The van der Waals surface area contributed by atoms with Gasteiger partial charge < -0.3 is 19.9 Å². The molecule has 2 N–H and O–H groups in total. The Morgan fingerprint density at radius 1 is 1.20 bits per heavy atom.